The van der Waals surface area contributed by atoms with Gasteiger partial charge >= 0.3 is 0 Å². The maximum Gasteiger partial charge on any atom is 0.159 e. The van der Waals surface area contributed by atoms with E-state index in [2.05, 4.69) is 9.97 Å². The van der Waals surface area contributed by atoms with Crippen LogP contribution in [-0.2, 0) is 4.74 Å². The molecule has 0 aliphatic rings. The molecule has 1 unspecified atom stereocenters. The quantitative estimate of drug-likeness (QED) is 0.773. The number of aromatic nitrogens is 2. The average Bonchev–Trinajstić information content (AvgIpc) is 2.20. The van der Waals surface area contributed by atoms with Crippen LogP contribution in [0.2, 0.25) is 0 Å². The number of nitrogen functional groups attached to an aromatic ring is 1. The monoisotopic (exact) mass is 192 g/mol. The van der Waals surface area contributed by atoms with Gasteiger partial charge in [0, 0.05) is 7.11 Å². The van der Waals surface area contributed by atoms with Crippen LogP contribution < -0.4 is 5.73 Å². The summed E-state index contributed by atoms with van der Waals surface area (Å²) in [5.74, 6) is 0.722. The lowest BCUT2D eigenvalue weighted by Crippen LogP contribution is -2.08. The number of hydrogen-bond acceptors (Lipinski definition) is 5. The molecule has 5 nitrogen and oxygen atoms in total. The lowest BCUT2D eigenvalue weighted by molar-refractivity contribution is 0.0927. The number of methoxy groups -OCH3 is 1. The second kappa shape index (κ2) is 4.53. The van der Waals surface area contributed by atoms with Crippen molar-refractivity contribution in [1.29, 1.82) is 5.26 Å². The Morgan fingerprint density at radius 3 is 2.86 bits per heavy atom. The highest BCUT2D eigenvalue weighted by atomic mass is 16.5. The van der Waals surface area contributed by atoms with Crippen LogP contribution in [0.4, 0.5) is 5.82 Å². The van der Waals surface area contributed by atoms with E-state index in [0.29, 0.717) is 11.4 Å². The SMILES string of the molecule is CCC(OC)c1ncc(C#N)c(N)n1. The van der Waals surface area contributed by atoms with Crippen molar-refractivity contribution < 1.29 is 4.74 Å². The molecule has 1 rings (SSSR count). The molecule has 0 spiro atoms. The van der Waals surface area contributed by atoms with E-state index >= 15 is 0 Å². The van der Waals surface area contributed by atoms with Crippen molar-refractivity contribution in [3.05, 3.63) is 17.6 Å². The van der Waals surface area contributed by atoms with Crippen molar-refractivity contribution in [2.45, 2.75) is 19.4 Å². The predicted molar refractivity (Wildman–Crippen MR) is 51.2 cm³/mol. The Morgan fingerprint density at radius 2 is 2.43 bits per heavy atom. The summed E-state index contributed by atoms with van der Waals surface area (Å²) in [6.45, 7) is 1.96. The van der Waals surface area contributed by atoms with Gasteiger partial charge in [0.1, 0.15) is 23.6 Å². The highest BCUT2D eigenvalue weighted by Crippen LogP contribution is 2.17. The van der Waals surface area contributed by atoms with Crippen molar-refractivity contribution in [3.63, 3.8) is 0 Å². The van der Waals surface area contributed by atoms with E-state index in [-0.39, 0.29) is 11.9 Å². The van der Waals surface area contributed by atoms with Crippen LogP contribution in [0, 0.1) is 11.3 Å². The van der Waals surface area contributed by atoms with Crippen LogP contribution in [0.1, 0.15) is 30.8 Å². The Hall–Kier alpha value is -1.67. The fourth-order valence-electron chi connectivity index (χ4n) is 1.11. The zero-order valence-electron chi connectivity index (χ0n) is 8.19. The highest BCUT2D eigenvalue weighted by Gasteiger charge is 2.12. The Kier molecular flexibility index (Phi) is 3.37. The molecule has 2 N–H and O–H groups in total. The minimum atomic E-state index is -0.162. The molecule has 0 amide bonds. The van der Waals surface area contributed by atoms with Gasteiger partial charge < -0.3 is 10.5 Å². The Morgan fingerprint density at radius 1 is 1.71 bits per heavy atom. The van der Waals surface area contributed by atoms with Crippen LogP contribution in [-0.4, -0.2) is 17.1 Å². The molecule has 0 bridgehead atoms. The summed E-state index contributed by atoms with van der Waals surface area (Å²) in [6.07, 6.45) is 2.02. The molecule has 0 aliphatic carbocycles. The molecule has 0 aromatic carbocycles. The van der Waals surface area contributed by atoms with E-state index in [1.807, 2.05) is 13.0 Å². The second-order valence-corrected chi connectivity index (χ2v) is 2.77. The molecule has 1 atom stereocenters. The van der Waals surface area contributed by atoms with Crippen LogP contribution >= 0.6 is 0 Å². The maximum absolute atomic E-state index is 8.62. The maximum atomic E-state index is 8.62. The molecule has 0 fully saturated rings. The zero-order valence-corrected chi connectivity index (χ0v) is 8.19. The van der Waals surface area contributed by atoms with Gasteiger partial charge in [-0.3, -0.25) is 0 Å². The van der Waals surface area contributed by atoms with E-state index in [0.717, 1.165) is 6.42 Å². The molecule has 1 aromatic heterocycles. The third kappa shape index (κ3) is 1.98. The minimum Gasteiger partial charge on any atom is -0.382 e. The van der Waals surface area contributed by atoms with E-state index in [4.69, 9.17) is 15.7 Å². The van der Waals surface area contributed by atoms with Gasteiger partial charge in [0.25, 0.3) is 0 Å². The normalized spacial score (nSPS) is 12.1. The first-order valence-electron chi connectivity index (χ1n) is 4.28. The van der Waals surface area contributed by atoms with E-state index in [1.165, 1.54) is 6.20 Å². The van der Waals surface area contributed by atoms with Gasteiger partial charge in [-0.1, -0.05) is 6.92 Å². The predicted octanol–water partition coefficient (Wildman–Crippen LogP) is 1.03. The summed E-state index contributed by atoms with van der Waals surface area (Å²) >= 11 is 0. The largest absolute Gasteiger partial charge is 0.382 e. The van der Waals surface area contributed by atoms with Crippen molar-refractivity contribution in [2.75, 3.05) is 12.8 Å². The molecule has 0 saturated heterocycles. The summed E-state index contributed by atoms with van der Waals surface area (Å²) in [5, 5.41) is 8.62. The Labute approximate surface area is 82.5 Å². The molecule has 0 saturated carbocycles. The smallest absolute Gasteiger partial charge is 0.159 e. The van der Waals surface area contributed by atoms with Crippen molar-refractivity contribution in [2.24, 2.45) is 0 Å². The average molecular weight is 192 g/mol. The topological polar surface area (TPSA) is 84.8 Å². The number of hydrogen-bond donors (Lipinski definition) is 1. The molecule has 0 aliphatic heterocycles. The van der Waals surface area contributed by atoms with Crippen LogP contribution in [0.25, 0.3) is 0 Å². The lowest BCUT2D eigenvalue weighted by atomic mass is 10.2. The minimum absolute atomic E-state index is 0.162. The number of nitrogens with two attached hydrogens (primary N) is 1. The van der Waals surface area contributed by atoms with E-state index in [9.17, 15) is 0 Å². The molecule has 1 heterocycles. The van der Waals surface area contributed by atoms with Gasteiger partial charge in [0.05, 0.1) is 6.20 Å². The summed E-state index contributed by atoms with van der Waals surface area (Å²) in [4.78, 5) is 8.02. The van der Waals surface area contributed by atoms with Crippen molar-refractivity contribution >= 4 is 5.82 Å². The van der Waals surface area contributed by atoms with E-state index in [1.54, 1.807) is 7.11 Å². The van der Waals surface area contributed by atoms with Gasteiger partial charge in [-0.05, 0) is 6.42 Å². The fourth-order valence-corrected chi connectivity index (χ4v) is 1.11. The summed E-state index contributed by atoms with van der Waals surface area (Å²) in [7, 11) is 1.59. The molecule has 1 aromatic rings. The molecule has 74 valence electrons. The third-order valence-corrected chi connectivity index (χ3v) is 1.90. The van der Waals surface area contributed by atoms with Gasteiger partial charge in [-0.15, -0.1) is 0 Å². The first kappa shape index (κ1) is 10.4. The lowest BCUT2D eigenvalue weighted by Gasteiger charge is -2.11. The molecule has 5 heteroatoms. The number of nitriles is 1. The standard InChI is InChI=1S/C9H12N4O/c1-3-7(14-2)9-12-5-6(4-10)8(11)13-9/h5,7H,3H2,1-2H3,(H2,11,12,13). The molecule has 14 heavy (non-hydrogen) atoms. The Bertz CT molecular complexity index is 354. The van der Waals surface area contributed by atoms with Crippen molar-refractivity contribution in [3.8, 4) is 6.07 Å². The number of anilines is 1. The first-order chi connectivity index (χ1) is 6.72. The number of rotatable bonds is 3. The first-order valence-corrected chi connectivity index (χ1v) is 4.28. The molecular weight excluding hydrogens is 180 g/mol. The zero-order chi connectivity index (χ0) is 10.6. The van der Waals surface area contributed by atoms with Crippen LogP contribution in [0.3, 0.4) is 0 Å². The van der Waals surface area contributed by atoms with Crippen LogP contribution in [0.15, 0.2) is 6.20 Å². The van der Waals surface area contributed by atoms with E-state index < -0.39 is 0 Å². The molecular formula is C9H12N4O. The van der Waals surface area contributed by atoms with Gasteiger partial charge in [-0.25, -0.2) is 9.97 Å². The van der Waals surface area contributed by atoms with Crippen molar-refractivity contribution in [1.82, 2.24) is 9.97 Å². The number of nitrogens with zero attached hydrogens (tertiary/aromatic N) is 3. The molecule has 0 radical (unpaired) electrons. The Balaban J connectivity index is 3.02. The fraction of sp³-hybridized carbons (Fsp3) is 0.444. The van der Waals surface area contributed by atoms with Gasteiger partial charge in [0.15, 0.2) is 5.82 Å². The summed E-state index contributed by atoms with van der Waals surface area (Å²) < 4.78 is 5.15. The summed E-state index contributed by atoms with van der Waals surface area (Å²) in [5.41, 5.74) is 5.84. The summed E-state index contributed by atoms with van der Waals surface area (Å²) in [6, 6.07) is 1.91. The number of ether oxygens (including phenoxy) is 1. The van der Waals surface area contributed by atoms with Gasteiger partial charge in [-0.2, -0.15) is 5.26 Å². The highest BCUT2D eigenvalue weighted by molar-refractivity contribution is 5.46. The second-order valence-electron chi connectivity index (χ2n) is 2.77. The third-order valence-electron chi connectivity index (χ3n) is 1.90. The van der Waals surface area contributed by atoms with Crippen LogP contribution in [0.5, 0.6) is 0 Å². The van der Waals surface area contributed by atoms with Gasteiger partial charge in [0.2, 0.25) is 0 Å².